The second-order valence-corrected chi connectivity index (χ2v) is 8.42. The van der Waals surface area contributed by atoms with Gasteiger partial charge in [0.05, 0.1) is 0 Å². The Hall–Kier alpha value is -1.10. The summed E-state index contributed by atoms with van der Waals surface area (Å²) in [5.41, 5.74) is 0.436. The maximum Gasteiger partial charge on any atom is 0.245 e. The molecule has 2 amide bonds. The van der Waals surface area contributed by atoms with Crippen LogP contribution in [0.25, 0.3) is 0 Å². The summed E-state index contributed by atoms with van der Waals surface area (Å²) in [6, 6.07) is -0.172. The van der Waals surface area contributed by atoms with Crippen LogP contribution in [0.4, 0.5) is 0 Å². The fraction of sp³-hybridized carbons (Fsp3) is 0.895. The Morgan fingerprint density at radius 3 is 2.29 bits per heavy atom. The molecule has 24 heavy (non-hydrogen) atoms. The first-order valence-electron chi connectivity index (χ1n) is 9.99. The monoisotopic (exact) mass is 333 g/mol. The summed E-state index contributed by atoms with van der Waals surface area (Å²) in [4.78, 5) is 29.8. The van der Waals surface area contributed by atoms with E-state index in [2.05, 4.69) is 10.2 Å². The highest BCUT2D eigenvalue weighted by atomic mass is 16.2. The first-order valence-corrected chi connectivity index (χ1v) is 9.99. The molecule has 0 bridgehead atoms. The lowest BCUT2D eigenvalue weighted by molar-refractivity contribution is -0.147. The molecule has 4 rings (SSSR count). The Bertz CT molecular complexity index is 485. The number of likely N-dealkylation sites (tertiary alicyclic amines) is 2. The molecule has 1 atom stereocenters. The van der Waals surface area contributed by atoms with E-state index in [0.717, 1.165) is 71.2 Å². The van der Waals surface area contributed by atoms with Gasteiger partial charge in [-0.25, -0.2) is 0 Å². The van der Waals surface area contributed by atoms with Gasteiger partial charge in [-0.2, -0.15) is 0 Å². The van der Waals surface area contributed by atoms with Gasteiger partial charge in [-0.1, -0.05) is 12.8 Å². The van der Waals surface area contributed by atoms with Crippen LogP contribution in [0.3, 0.4) is 0 Å². The average molecular weight is 333 g/mol. The van der Waals surface area contributed by atoms with E-state index in [4.69, 9.17) is 0 Å². The van der Waals surface area contributed by atoms with Gasteiger partial charge in [0, 0.05) is 32.1 Å². The lowest BCUT2D eigenvalue weighted by Gasteiger charge is -2.40. The maximum atomic E-state index is 13.0. The van der Waals surface area contributed by atoms with Crippen LogP contribution in [0.5, 0.6) is 0 Å². The molecule has 5 heteroatoms. The summed E-state index contributed by atoms with van der Waals surface area (Å²) in [7, 11) is 0. The molecule has 1 spiro atoms. The molecular weight excluding hydrogens is 302 g/mol. The summed E-state index contributed by atoms with van der Waals surface area (Å²) < 4.78 is 0. The number of hydrogen-bond donors (Lipinski definition) is 1. The molecule has 1 saturated carbocycles. The summed E-state index contributed by atoms with van der Waals surface area (Å²) >= 11 is 0. The summed E-state index contributed by atoms with van der Waals surface area (Å²) in [6.45, 7) is 4.78. The molecule has 4 fully saturated rings. The van der Waals surface area contributed by atoms with Crippen LogP contribution in [0.2, 0.25) is 0 Å². The van der Waals surface area contributed by atoms with Gasteiger partial charge in [0.1, 0.15) is 6.04 Å². The van der Waals surface area contributed by atoms with E-state index < -0.39 is 0 Å². The molecule has 3 heterocycles. The standard InChI is InChI=1S/C19H31N3O2/c23-17(15-4-1-2-5-15)22-11-3-6-16(22)18(24)21-12-8-19(9-13-21)7-10-20-14-19/h15-16,20H,1-14H2. The number of piperidine rings is 1. The third kappa shape index (κ3) is 2.96. The zero-order valence-electron chi connectivity index (χ0n) is 14.8. The number of nitrogens with zero attached hydrogens (tertiary/aromatic N) is 2. The molecule has 3 saturated heterocycles. The van der Waals surface area contributed by atoms with Crippen LogP contribution in [0.15, 0.2) is 0 Å². The quantitative estimate of drug-likeness (QED) is 0.838. The molecule has 1 aliphatic carbocycles. The van der Waals surface area contributed by atoms with Crippen LogP contribution in [-0.4, -0.2) is 60.4 Å². The van der Waals surface area contributed by atoms with Crippen LogP contribution in [0, 0.1) is 11.3 Å². The van der Waals surface area contributed by atoms with Crippen LogP contribution in [0.1, 0.15) is 57.8 Å². The molecule has 4 aliphatic rings. The van der Waals surface area contributed by atoms with Gasteiger partial charge in [-0.3, -0.25) is 9.59 Å². The van der Waals surface area contributed by atoms with Gasteiger partial charge >= 0.3 is 0 Å². The van der Waals surface area contributed by atoms with Crippen LogP contribution in [-0.2, 0) is 9.59 Å². The summed E-state index contributed by atoms with van der Waals surface area (Å²) in [5, 5.41) is 3.48. The molecule has 3 aliphatic heterocycles. The summed E-state index contributed by atoms with van der Waals surface area (Å²) in [6.07, 6.45) is 9.73. The van der Waals surface area contributed by atoms with E-state index in [0.29, 0.717) is 5.41 Å². The number of nitrogens with one attached hydrogen (secondary N) is 1. The van der Waals surface area contributed by atoms with Gasteiger partial charge in [0.15, 0.2) is 0 Å². The first-order chi connectivity index (χ1) is 11.7. The minimum absolute atomic E-state index is 0.172. The van der Waals surface area contributed by atoms with E-state index in [1.165, 1.54) is 19.3 Å². The van der Waals surface area contributed by atoms with E-state index in [9.17, 15) is 9.59 Å². The fourth-order valence-electron chi connectivity index (χ4n) is 5.33. The van der Waals surface area contributed by atoms with Crippen molar-refractivity contribution in [3.8, 4) is 0 Å². The lowest BCUT2D eigenvalue weighted by atomic mass is 9.77. The van der Waals surface area contributed by atoms with Crippen molar-refractivity contribution >= 4 is 11.8 Å². The zero-order valence-corrected chi connectivity index (χ0v) is 14.8. The van der Waals surface area contributed by atoms with E-state index >= 15 is 0 Å². The highest BCUT2D eigenvalue weighted by Gasteiger charge is 2.43. The highest BCUT2D eigenvalue weighted by molar-refractivity contribution is 5.89. The van der Waals surface area contributed by atoms with Gasteiger partial charge < -0.3 is 15.1 Å². The maximum absolute atomic E-state index is 13.0. The van der Waals surface area contributed by atoms with Gasteiger partial charge in [0.25, 0.3) is 0 Å². The normalized spacial score (nSPS) is 30.4. The molecule has 134 valence electrons. The largest absolute Gasteiger partial charge is 0.341 e. The molecule has 5 nitrogen and oxygen atoms in total. The van der Waals surface area contributed by atoms with Gasteiger partial charge in [-0.05, 0) is 56.9 Å². The summed E-state index contributed by atoms with van der Waals surface area (Å²) in [5.74, 6) is 0.670. The van der Waals surface area contributed by atoms with Crippen molar-refractivity contribution in [1.82, 2.24) is 15.1 Å². The second kappa shape index (κ2) is 6.66. The highest BCUT2D eigenvalue weighted by Crippen LogP contribution is 2.37. The van der Waals surface area contributed by atoms with Crippen molar-refractivity contribution in [1.29, 1.82) is 0 Å². The molecule has 0 radical (unpaired) electrons. The van der Waals surface area contributed by atoms with Crippen LogP contribution < -0.4 is 5.32 Å². The van der Waals surface area contributed by atoms with Crippen molar-refractivity contribution in [2.45, 2.75) is 63.8 Å². The number of amides is 2. The Labute approximate surface area is 145 Å². The minimum Gasteiger partial charge on any atom is -0.341 e. The number of rotatable bonds is 2. The Kier molecular flexibility index (Phi) is 4.54. The molecule has 1 unspecified atom stereocenters. The first kappa shape index (κ1) is 16.4. The fourth-order valence-corrected chi connectivity index (χ4v) is 5.33. The van der Waals surface area contributed by atoms with Crippen LogP contribution >= 0.6 is 0 Å². The zero-order chi connectivity index (χ0) is 16.6. The lowest BCUT2D eigenvalue weighted by Crippen LogP contribution is -2.52. The average Bonchev–Trinajstić information content (AvgIpc) is 3.36. The molecule has 0 aromatic heterocycles. The molecule has 1 N–H and O–H groups in total. The van der Waals surface area contributed by atoms with E-state index in [1.807, 2.05) is 4.90 Å². The Balaban J connectivity index is 1.37. The SMILES string of the molecule is O=C(C1CCCN1C(=O)C1CCCC1)N1CCC2(CCNC2)CC1. The Morgan fingerprint density at radius 2 is 1.62 bits per heavy atom. The third-order valence-electron chi connectivity index (χ3n) is 6.99. The molecular formula is C19H31N3O2. The Morgan fingerprint density at radius 1 is 0.875 bits per heavy atom. The third-order valence-corrected chi connectivity index (χ3v) is 6.99. The second-order valence-electron chi connectivity index (χ2n) is 8.42. The number of carbonyl (C=O) groups excluding carboxylic acids is 2. The van der Waals surface area contributed by atoms with Gasteiger partial charge in [0.2, 0.25) is 11.8 Å². The van der Waals surface area contributed by atoms with E-state index in [1.54, 1.807) is 0 Å². The van der Waals surface area contributed by atoms with Crippen molar-refractivity contribution < 1.29 is 9.59 Å². The number of hydrogen-bond acceptors (Lipinski definition) is 3. The minimum atomic E-state index is -0.172. The topological polar surface area (TPSA) is 52.7 Å². The van der Waals surface area contributed by atoms with E-state index in [-0.39, 0.29) is 23.8 Å². The predicted molar refractivity (Wildman–Crippen MR) is 92.4 cm³/mol. The number of carbonyl (C=O) groups is 2. The molecule has 0 aromatic carbocycles. The van der Waals surface area contributed by atoms with Gasteiger partial charge in [-0.15, -0.1) is 0 Å². The smallest absolute Gasteiger partial charge is 0.245 e. The van der Waals surface area contributed by atoms with Crippen molar-refractivity contribution in [2.24, 2.45) is 11.3 Å². The van der Waals surface area contributed by atoms with Crippen molar-refractivity contribution in [3.63, 3.8) is 0 Å². The predicted octanol–water partition coefficient (Wildman–Crippen LogP) is 1.77. The van der Waals surface area contributed by atoms with Crippen molar-refractivity contribution in [3.05, 3.63) is 0 Å². The van der Waals surface area contributed by atoms with Crippen molar-refractivity contribution in [2.75, 3.05) is 32.7 Å². The molecule has 0 aromatic rings.